The Morgan fingerprint density at radius 2 is 2.06 bits per heavy atom. The van der Waals surface area contributed by atoms with E-state index >= 15 is 0 Å². The summed E-state index contributed by atoms with van der Waals surface area (Å²) < 4.78 is 5.40. The molecular weight excluding hydrogens is 222 g/mol. The van der Waals surface area contributed by atoms with Gasteiger partial charge in [0.15, 0.2) is 0 Å². The standard InChI is InChI=1S/C13H18ClNO/c1-8-6-11(14)12(16-3)10(9(8)2)7-13(15)4-5-13/h6H,4-5,7,15H2,1-3H3. The first kappa shape index (κ1) is 11.7. The molecule has 0 saturated heterocycles. The lowest BCUT2D eigenvalue weighted by Gasteiger charge is -2.18. The lowest BCUT2D eigenvalue weighted by molar-refractivity contribution is 0.407. The van der Waals surface area contributed by atoms with Gasteiger partial charge in [-0.15, -0.1) is 0 Å². The molecule has 16 heavy (non-hydrogen) atoms. The van der Waals surface area contributed by atoms with E-state index in [-0.39, 0.29) is 5.54 Å². The molecule has 0 atom stereocenters. The largest absolute Gasteiger partial charge is 0.495 e. The van der Waals surface area contributed by atoms with Crippen LogP contribution in [0.1, 0.15) is 29.5 Å². The van der Waals surface area contributed by atoms with Gasteiger partial charge >= 0.3 is 0 Å². The Balaban J connectivity index is 2.47. The SMILES string of the molecule is COc1c(Cl)cc(C)c(C)c1CC1(N)CC1. The first-order valence-corrected chi connectivity index (χ1v) is 5.96. The van der Waals surface area contributed by atoms with Gasteiger partial charge < -0.3 is 10.5 Å². The molecule has 88 valence electrons. The van der Waals surface area contributed by atoms with Crippen LogP contribution in [0.15, 0.2) is 6.07 Å². The molecule has 0 aromatic heterocycles. The maximum Gasteiger partial charge on any atom is 0.140 e. The maximum atomic E-state index is 6.19. The third kappa shape index (κ3) is 2.04. The fraction of sp³-hybridized carbons (Fsp3) is 0.538. The minimum Gasteiger partial charge on any atom is -0.495 e. The summed E-state index contributed by atoms with van der Waals surface area (Å²) in [6, 6.07) is 1.95. The van der Waals surface area contributed by atoms with Crippen molar-refractivity contribution in [2.24, 2.45) is 5.73 Å². The highest BCUT2D eigenvalue weighted by atomic mass is 35.5. The molecule has 1 aliphatic rings. The molecule has 0 radical (unpaired) electrons. The molecule has 1 aliphatic carbocycles. The second-order valence-corrected chi connectivity index (χ2v) is 5.26. The van der Waals surface area contributed by atoms with Crippen molar-refractivity contribution in [1.29, 1.82) is 0 Å². The number of hydrogen-bond donors (Lipinski definition) is 1. The van der Waals surface area contributed by atoms with Gasteiger partial charge in [-0.05, 0) is 50.3 Å². The van der Waals surface area contributed by atoms with E-state index in [2.05, 4.69) is 13.8 Å². The van der Waals surface area contributed by atoms with E-state index in [1.807, 2.05) is 6.07 Å². The van der Waals surface area contributed by atoms with Crippen molar-refractivity contribution in [2.75, 3.05) is 7.11 Å². The molecular formula is C13H18ClNO. The Kier molecular flexibility index (Phi) is 2.89. The molecule has 0 unspecified atom stereocenters. The fourth-order valence-electron chi connectivity index (χ4n) is 2.04. The van der Waals surface area contributed by atoms with E-state index in [4.69, 9.17) is 22.1 Å². The molecule has 1 saturated carbocycles. The quantitative estimate of drug-likeness (QED) is 0.880. The first-order chi connectivity index (χ1) is 7.47. The van der Waals surface area contributed by atoms with Crippen LogP contribution in [0.2, 0.25) is 5.02 Å². The molecule has 0 aliphatic heterocycles. The van der Waals surface area contributed by atoms with E-state index < -0.39 is 0 Å². The minimum atomic E-state index is -0.0187. The zero-order valence-corrected chi connectivity index (χ0v) is 10.8. The van der Waals surface area contributed by atoms with Gasteiger partial charge in [-0.25, -0.2) is 0 Å². The number of halogens is 1. The molecule has 0 spiro atoms. The summed E-state index contributed by atoms with van der Waals surface area (Å²) in [6.07, 6.45) is 3.06. The summed E-state index contributed by atoms with van der Waals surface area (Å²) in [6.45, 7) is 4.18. The summed E-state index contributed by atoms with van der Waals surface area (Å²) in [4.78, 5) is 0. The Morgan fingerprint density at radius 3 is 2.56 bits per heavy atom. The van der Waals surface area contributed by atoms with Crippen LogP contribution in [0.25, 0.3) is 0 Å². The van der Waals surface area contributed by atoms with E-state index in [9.17, 15) is 0 Å². The molecule has 1 aromatic rings. The highest BCUT2D eigenvalue weighted by molar-refractivity contribution is 6.32. The highest BCUT2D eigenvalue weighted by Gasteiger charge is 2.39. The topological polar surface area (TPSA) is 35.2 Å². The van der Waals surface area contributed by atoms with Gasteiger partial charge in [-0.3, -0.25) is 0 Å². The Morgan fingerprint density at radius 1 is 1.44 bits per heavy atom. The predicted octanol–water partition coefficient (Wildman–Crippen LogP) is 3.00. The average Bonchev–Trinajstić information content (AvgIpc) is 2.93. The summed E-state index contributed by atoms with van der Waals surface area (Å²) in [5, 5.41) is 0.685. The smallest absolute Gasteiger partial charge is 0.140 e. The van der Waals surface area contributed by atoms with Gasteiger partial charge in [-0.1, -0.05) is 11.6 Å². The molecule has 0 amide bonds. The van der Waals surface area contributed by atoms with Crippen molar-refractivity contribution in [3.63, 3.8) is 0 Å². The Bertz CT molecular complexity index is 424. The van der Waals surface area contributed by atoms with Crippen molar-refractivity contribution < 1.29 is 4.74 Å². The zero-order valence-electron chi connectivity index (χ0n) is 10.1. The number of nitrogens with two attached hydrogens (primary N) is 1. The normalized spacial score (nSPS) is 17.3. The van der Waals surface area contributed by atoms with Gasteiger partial charge in [0.1, 0.15) is 5.75 Å². The summed E-state index contributed by atoms with van der Waals surface area (Å²) in [5.74, 6) is 0.793. The van der Waals surface area contributed by atoms with Crippen LogP contribution < -0.4 is 10.5 Å². The van der Waals surface area contributed by atoms with Crippen molar-refractivity contribution in [1.82, 2.24) is 0 Å². The van der Waals surface area contributed by atoms with Gasteiger partial charge in [-0.2, -0.15) is 0 Å². The van der Waals surface area contributed by atoms with Crippen LogP contribution in [0, 0.1) is 13.8 Å². The van der Waals surface area contributed by atoms with E-state index in [1.54, 1.807) is 7.11 Å². The first-order valence-electron chi connectivity index (χ1n) is 5.58. The van der Waals surface area contributed by atoms with Crippen molar-refractivity contribution in [3.05, 3.63) is 27.8 Å². The zero-order chi connectivity index (χ0) is 11.9. The van der Waals surface area contributed by atoms with Crippen LogP contribution in [-0.4, -0.2) is 12.6 Å². The summed E-state index contributed by atoms with van der Waals surface area (Å²) in [7, 11) is 1.66. The number of rotatable bonds is 3. The van der Waals surface area contributed by atoms with Crippen molar-refractivity contribution in [3.8, 4) is 5.75 Å². The van der Waals surface area contributed by atoms with Crippen LogP contribution in [0.5, 0.6) is 5.75 Å². The molecule has 2 rings (SSSR count). The van der Waals surface area contributed by atoms with E-state index in [1.165, 1.54) is 16.7 Å². The molecule has 0 heterocycles. The number of ether oxygens (including phenoxy) is 1. The Hall–Kier alpha value is -0.730. The molecule has 1 fully saturated rings. The number of benzene rings is 1. The average molecular weight is 240 g/mol. The van der Waals surface area contributed by atoms with Gasteiger partial charge in [0, 0.05) is 11.1 Å². The summed E-state index contributed by atoms with van der Waals surface area (Å²) in [5.41, 5.74) is 9.77. The second kappa shape index (κ2) is 3.94. The van der Waals surface area contributed by atoms with Gasteiger partial charge in [0.05, 0.1) is 12.1 Å². The van der Waals surface area contributed by atoms with E-state index in [0.717, 1.165) is 25.0 Å². The lowest BCUT2D eigenvalue weighted by atomic mass is 9.95. The third-order valence-corrected chi connectivity index (χ3v) is 3.78. The van der Waals surface area contributed by atoms with Gasteiger partial charge in [0.2, 0.25) is 0 Å². The van der Waals surface area contributed by atoms with E-state index in [0.29, 0.717) is 5.02 Å². The van der Waals surface area contributed by atoms with Crippen LogP contribution in [0.4, 0.5) is 0 Å². The van der Waals surface area contributed by atoms with Crippen molar-refractivity contribution in [2.45, 2.75) is 38.6 Å². The monoisotopic (exact) mass is 239 g/mol. The van der Waals surface area contributed by atoms with Crippen molar-refractivity contribution >= 4 is 11.6 Å². The third-order valence-electron chi connectivity index (χ3n) is 3.50. The lowest BCUT2D eigenvalue weighted by Crippen LogP contribution is -2.25. The Labute approximate surface area is 102 Å². The molecule has 3 heteroatoms. The summed E-state index contributed by atoms with van der Waals surface area (Å²) >= 11 is 6.19. The molecule has 0 bridgehead atoms. The van der Waals surface area contributed by atoms with Crippen LogP contribution >= 0.6 is 11.6 Å². The van der Waals surface area contributed by atoms with Gasteiger partial charge in [0.25, 0.3) is 0 Å². The second-order valence-electron chi connectivity index (χ2n) is 4.85. The number of methoxy groups -OCH3 is 1. The molecule has 2 N–H and O–H groups in total. The predicted molar refractivity (Wildman–Crippen MR) is 67.3 cm³/mol. The maximum absolute atomic E-state index is 6.19. The fourth-order valence-corrected chi connectivity index (χ4v) is 2.39. The van der Waals surface area contributed by atoms with Crippen LogP contribution in [-0.2, 0) is 6.42 Å². The molecule has 1 aromatic carbocycles. The molecule has 2 nitrogen and oxygen atoms in total. The minimum absolute atomic E-state index is 0.0187. The number of aryl methyl sites for hydroxylation is 1. The number of hydrogen-bond acceptors (Lipinski definition) is 2. The highest BCUT2D eigenvalue weighted by Crippen LogP contribution is 2.41. The van der Waals surface area contributed by atoms with Crippen LogP contribution in [0.3, 0.4) is 0 Å².